The second kappa shape index (κ2) is 5.97. The lowest BCUT2D eigenvalue weighted by atomic mass is 9.94. The van der Waals surface area contributed by atoms with Crippen molar-refractivity contribution in [1.29, 1.82) is 0 Å². The van der Waals surface area contributed by atoms with Crippen LogP contribution in [0.15, 0.2) is 36.5 Å². The van der Waals surface area contributed by atoms with E-state index in [-0.39, 0.29) is 18.1 Å². The van der Waals surface area contributed by atoms with Gasteiger partial charge < -0.3 is 19.9 Å². The minimum atomic E-state index is 0.0713. The molecule has 6 rings (SSSR count). The van der Waals surface area contributed by atoms with Crippen LogP contribution in [0.2, 0.25) is 0 Å². The third-order valence-electron chi connectivity index (χ3n) is 6.24. The summed E-state index contributed by atoms with van der Waals surface area (Å²) in [5.41, 5.74) is 6.62. The number of aromatic nitrogens is 1. The van der Waals surface area contributed by atoms with E-state index in [0.29, 0.717) is 13.3 Å². The van der Waals surface area contributed by atoms with E-state index < -0.39 is 0 Å². The maximum Gasteiger partial charge on any atom is 0.257 e. The number of rotatable bonds is 3. The van der Waals surface area contributed by atoms with Crippen LogP contribution in [0, 0.1) is 0 Å². The van der Waals surface area contributed by atoms with Gasteiger partial charge in [0.1, 0.15) is 6.73 Å². The number of carbonyl (C=O) groups excluding carboxylic acids is 1. The second-order valence-electron chi connectivity index (χ2n) is 8.34. The Morgan fingerprint density at radius 3 is 3.00 bits per heavy atom. The van der Waals surface area contributed by atoms with Crippen LogP contribution in [0.5, 0.6) is 0 Å². The van der Waals surface area contributed by atoms with Crippen LogP contribution in [-0.4, -0.2) is 34.7 Å². The van der Waals surface area contributed by atoms with E-state index in [9.17, 15) is 4.79 Å². The third kappa shape index (κ3) is 2.28. The first-order valence-electron chi connectivity index (χ1n) is 10.3. The van der Waals surface area contributed by atoms with Gasteiger partial charge in [-0.3, -0.25) is 4.79 Å². The van der Waals surface area contributed by atoms with Gasteiger partial charge in [0.25, 0.3) is 5.91 Å². The molecule has 1 aromatic carbocycles. The lowest BCUT2D eigenvalue weighted by Crippen LogP contribution is -2.30. The Bertz CT molecular complexity index is 1290. The molecule has 2 aromatic rings. The summed E-state index contributed by atoms with van der Waals surface area (Å²) in [5.74, 6) is 0.0713. The topological polar surface area (TPSA) is 57.4 Å². The molecular formula is C24H23N3O2. The lowest BCUT2D eigenvalue weighted by molar-refractivity contribution is -0.000651. The quantitative estimate of drug-likeness (QED) is 0.854. The summed E-state index contributed by atoms with van der Waals surface area (Å²) in [7, 11) is 0. The monoisotopic (exact) mass is 385 g/mol. The average molecular weight is 385 g/mol. The number of H-pyrrole nitrogens is 1. The first kappa shape index (κ1) is 16.9. The molecule has 5 nitrogen and oxygen atoms in total. The van der Waals surface area contributed by atoms with Gasteiger partial charge >= 0.3 is 0 Å². The molecule has 4 aliphatic rings. The molecule has 0 spiro atoms. The molecule has 1 amide bonds. The largest absolute Gasteiger partial charge is 0.372 e. The van der Waals surface area contributed by atoms with Gasteiger partial charge in [0.15, 0.2) is 0 Å². The number of amides is 1. The zero-order valence-corrected chi connectivity index (χ0v) is 16.6. The number of hydrogen-bond donors (Lipinski definition) is 2. The molecule has 2 N–H and O–H groups in total. The summed E-state index contributed by atoms with van der Waals surface area (Å²) in [4.78, 5) is 19.0. The molecule has 2 aliphatic heterocycles. The van der Waals surface area contributed by atoms with Crippen molar-refractivity contribution in [2.45, 2.75) is 39.0 Å². The molecule has 5 heteroatoms. The van der Waals surface area contributed by atoms with Crippen molar-refractivity contribution in [3.63, 3.8) is 0 Å². The Morgan fingerprint density at radius 1 is 1.24 bits per heavy atom. The van der Waals surface area contributed by atoms with Gasteiger partial charge in [0, 0.05) is 22.5 Å². The fourth-order valence-electron chi connectivity index (χ4n) is 4.96. The Kier molecular flexibility index (Phi) is 3.47. The molecule has 1 unspecified atom stereocenters. The molecule has 0 saturated heterocycles. The normalized spacial score (nSPS) is 20.8. The van der Waals surface area contributed by atoms with E-state index in [2.05, 4.69) is 52.8 Å². The lowest BCUT2D eigenvalue weighted by Gasteiger charge is -2.17. The molecular weight excluding hydrogens is 362 g/mol. The van der Waals surface area contributed by atoms with Crippen LogP contribution in [0.1, 0.15) is 35.3 Å². The first-order chi connectivity index (χ1) is 14.1. The Hall–Kier alpha value is -3.05. The van der Waals surface area contributed by atoms with Crippen LogP contribution in [0.25, 0.3) is 22.6 Å². The molecule has 1 aromatic heterocycles. The Labute approximate surface area is 168 Å². The highest BCUT2D eigenvalue weighted by atomic mass is 16.5. The highest BCUT2D eigenvalue weighted by Gasteiger charge is 2.37. The smallest absolute Gasteiger partial charge is 0.257 e. The minimum Gasteiger partial charge on any atom is -0.372 e. The first-order valence-corrected chi connectivity index (χ1v) is 10.3. The SMILES string of the molecule is CC(C)OCN1Cc2c(c3c(c4[nH]c5c(c24)CC=CC=5)NC2C=CC=CC=32)C1=O. The molecule has 0 saturated carbocycles. The number of ether oxygens (including phenoxy) is 1. The number of nitrogens with one attached hydrogen (secondary N) is 2. The van der Waals surface area contributed by atoms with Crippen molar-refractivity contribution in [3.8, 4) is 0 Å². The number of benzene rings is 1. The predicted molar refractivity (Wildman–Crippen MR) is 115 cm³/mol. The van der Waals surface area contributed by atoms with Gasteiger partial charge in [-0.15, -0.1) is 0 Å². The third-order valence-corrected chi connectivity index (χ3v) is 6.24. The molecule has 29 heavy (non-hydrogen) atoms. The summed E-state index contributed by atoms with van der Waals surface area (Å²) in [6.45, 7) is 4.91. The Balaban J connectivity index is 1.66. The van der Waals surface area contributed by atoms with Gasteiger partial charge in [0.2, 0.25) is 0 Å². The van der Waals surface area contributed by atoms with Crippen molar-refractivity contribution in [3.05, 3.63) is 63.7 Å². The predicted octanol–water partition coefficient (Wildman–Crippen LogP) is 2.47. The molecule has 0 fully saturated rings. The summed E-state index contributed by atoms with van der Waals surface area (Å²) >= 11 is 0. The average Bonchev–Trinajstić information content (AvgIpc) is 3.37. The number of nitrogens with zero attached hydrogens (tertiary/aromatic N) is 1. The summed E-state index contributed by atoms with van der Waals surface area (Å²) in [5, 5.41) is 7.07. The zero-order valence-electron chi connectivity index (χ0n) is 16.6. The standard InChI is InChI=1S/C24H23N3O2/c1-13(2)29-12-27-11-16-19-14-7-3-5-9-17(14)25-22(19)23-20(21(16)24(27)28)15-8-4-6-10-18(15)26-23/h3-6,8-10,13,18,25-26H,7,11-12H2,1-2H3. The number of allylic oxidation sites excluding steroid dienone is 4. The van der Waals surface area contributed by atoms with E-state index in [4.69, 9.17) is 4.74 Å². The zero-order chi connectivity index (χ0) is 19.7. The molecule has 0 bridgehead atoms. The van der Waals surface area contributed by atoms with E-state index in [1.165, 1.54) is 16.5 Å². The van der Waals surface area contributed by atoms with E-state index in [1.807, 2.05) is 18.7 Å². The van der Waals surface area contributed by atoms with Crippen LogP contribution >= 0.6 is 0 Å². The number of carbonyl (C=O) groups is 1. The maximum absolute atomic E-state index is 13.5. The van der Waals surface area contributed by atoms with Crippen LogP contribution in [-0.2, 0) is 17.7 Å². The van der Waals surface area contributed by atoms with E-state index >= 15 is 0 Å². The second-order valence-corrected chi connectivity index (χ2v) is 8.34. The summed E-state index contributed by atoms with van der Waals surface area (Å²) in [6, 6.07) is 0.112. The maximum atomic E-state index is 13.5. The summed E-state index contributed by atoms with van der Waals surface area (Å²) in [6.07, 6.45) is 15.8. The van der Waals surface area contributed by atoms with Gasteiger partial charge in [-0.25, -0.2) is 0 Å². The molecule has 0 radical (unpaired) electrons. The van der Waals surface area contributed by atoms with Crippen molar-refractivity contribution in [2.75, 3.05) is 12.0 Å². The highest BCUT2D eigenvalue weighted by molar-refractivity contribution is 6.11. The van der Waals surface area contributed by atoms with Crippen molar-refractivity contribution in [1.82, 2.24) is 9.88 Å². The highest BCUT2D eigenvalue weighted by Crippen LogP contribution is 2.37. The summed E-state index contributed by atoms with van der Waals surface area (Å²) < 4.78 is 5.79. The number of aromatic amines is 1. The van der Waals surface area contributed by atoms with Gasteiger partial charge in [0.05, 0.1) is 28.9 Å². The van der Waals surface area contributed by atoms with Crippen LogP contribution in [0.3, 0.4) is 0 Å². The van der Waals surface area contributed by atoms with Crippen molar-refractivity contribution in [2.24, 2.45) is 0 Å². The van der Waals surface area contributed by atoms with Gasteiger partial charge in [-0.1, -0.05) is 36.5 Å². The van der Waals surface area contributed by atoms with E-state index in [1.54, 1.807) is 0 Å². The fourth-order valence-corrected chi connectivity index (χ4v) is 4.96. The molecule has 146 valence electrons. The van der Waals surface area contributed by atoms with Gasteiger partial charge in [-0.05, 0) is 43.0 Å². The number of fused-ring (bicyclic) bond motifs is 9. The van der Waals surface area contributed by atoms with Crippen LogP contribution < -0.4 is 15.9 Å². The molecule has 1 atom stereocenters. The van der Waals surface area contributed by atoms with Crippen molar-refractivity contribution >= 4 is 34.1 Å². The minimum absolute atomic E-state index is 0.0713. The molecule has 2 aliphatic carbocycles. The number of anilines is 1. The Morgan fingerprint density at radius 2 is 2.14 bits per heavy atom. The fraction of sp³-hybridized carbons (Fsp3) is 0.292. The number of hydrogen-bond acceptors (Lipinski definition) is 3. The van der Waals surface area contributed by atoms with Crippen molar-refractivity contribution < 1.29 is 9.53 Å². The van der Waals surface area contributed by atoms with Crippen LogP contribution in [0.4, 0.5) is 5.69 Å². The van der Waals surface area contributed by atoms with E-state index in [0.717, 1.165) is 39.3 Å². The van der Waals surface area contributed by atoms with Gasteiger partial charge in [-0.2, -0.15) is 0 Å². The molecule has 3 heterocycles.